The van der Waals surface area contributed by atoms with Crippen molar-refractivity contribution in [2.75, 3.05) is 23.7 Å². The number of aromatic nitrogens is 2. The zero-order valence-electron chi connectivity index (χ0n) is 11.7. The monoisotopic (exact) mass is 287 g/mol. The first-order chi connectivity index (χ1) is 10.1. The van der Waals surface area contributed by atoms with Crippen LogP contribution in [0, 0.1) is 5.82 Å². The molecule has 3 rings (SSSR count). The second-order valence-corrected chi connectivity index (χ2v) is 5.29. The van der Waals surface area contributed by atoms with Crippen LogP contribution >= 0.6 is 0 Å². The molecule has 6 heteroatoms. The molecule has 1 aromatic heterocycles. The summed E-state index contributed by atoms with van der Waals surface area (Å²) in [5.41, 5.74) is 14.1. The molecule has 0 radical (unpaired) electrons. The number of nitrogens with two attached hydrogens (primary N) is 2. The van der Waals surface area contributed by atoms with E-state index in [2.05, 4.69) is 14.9 Å². The van der Waals surface area contributed by atoms with Crippen LogP contribution in [0.3, 0.4) is 0 Å². The first kappa shape index (κ1) is 13.8. The van der Waals surface area contributed by atoms with E-state index in [4.69, 9.17) is 11.5 Å². The van der Waals surface area contributed by atoms with Crippen LogP contribution in [0.15, 0.2) is 30.5 Å². The Kier molecular flexibility index (Phi) is 3.70. The first-order valence-electron chi connectivity index (χ1n) is 7.02. The molecular formula is C15H18FN5. The van der Waals surface area contributed by atoms with E-state index in [1.807, 2.05) is 0 Å². The molecule has 1 saturated heterocycles. The predicted octanol–water partition coefficient (Wildman–Crippen LogP) is 1.79. The Morgan fingerprint density at radius 2 is 1.81 bits per heavy atom. The molecule has 0 atom stereocenters. The molecule has 1 aliphatic heterocycles. The maximum absolute atomic E-state index is 13.1. The zero-order chi connectivity index (χ0) is 14.8. The van der Waals surface area contributed by atoms with E-state index in [-0.39, 0.29) is 17.8 Å². The summed E-state index contributed by atoms with van der Waals surface area (Å²) in [6.07, 6.45) is 3.61. The van der Waals surface area contributed by atoms with Gasteiger partial charge in [-0.15, -0.1) is 0 Å². The van der Waals surface area contributed by atoms with Gasteiger partial charge in [0.1, 0.15) is 5.82 Å². The van der Waals surface area contributed by atoms with Gasteiger partial charge < -0.3 is 16.4 Å². The van der Waals surface area contributed by atoms with Gasteiger partial charge in [0.25, 0.3) is 0 Å². The van der Waals surface area contributed by atoms with Crippen molar-refractivity contribution in [3.63, 3.8) is 0 Å². The first-order valence-corrected chi connectivity index (χ1v) is 7.02. The van der Waals surface area contributed by atoms with Crippen LogP contribution in [-0.4, -0.2) is 29.1 Å². The van der Waals surface area contributed by atoms with Crippen LogP contribution in [0.25, 0.3) is 11.3 Å². The summed E-state index contributed by atoms with van der Waals surface area (Å²) in [4.78, 5) is 10.6. The molecule has 0 spiro atoms. The van der Waals surface area contributed by atoms with Gasteiger partial charge in [0.2, 0.25) is 5.95 Å². The lowest BCUT2D eigenvalue weighted by Crippen LogP contribution is -2.40. The van der Waals surface area contributed by atoms with Crippen LogP contribution in [0.2, 0.25) is 0 Å². The SMILES string of the molecule is Nc1ncc(N2CCC(N)CC2)c(-c2ccc(F)cc2)n1. The van der Waals surface area contributed by atoms with Gasteiger partial charge in [0.15, 0.2) is 0 Å². The summed E-state index contributed by atoms with van der Waals surface area (Å²) in [5.74, 6) is -0.0574. The molecular weight excluding hydrogens is 269 g/mol. The fourth-order valence-corrected chi connectivity index (χ4v) is 2.58. The number of rotatable bonds is 2. The molecule has 1 fully saturated rings. The van der Waals surface area contributed by atoms with Gasteiger partial charge in [-0.05, 0) is 37.1 Å². The van der Waals surface area contributed by atoms with Crippen molar-refractivity contribution in [2.45, 2.75) is 18.9 Å². The van der Waals surface area contributed by atoms with Crippen LogP contribution in [0.5, 0.6) is 0 Å². The van der Waals surface area contributed by atoms with E-state index < -0.39 is 0 Å². The average Bonchev–Trinajstić information content (AvgIpc) is 2.49. The molecule has 4 N–H and O–H groups in total. The summed E-state index contributed by atoms with van der Waals surface area (Å²) < 4.78 is 13.1. The summed E-state index contributed by atoms with van der Waals surface area (Å²) in [6, 6.07) is 6.50. The minimum Gasteiger partial charge on any atom is -0.368 e. The van der Waals surface area contributed by atoms with Gasteiger partial charge in [-0.25, -0.2) is 14.4 Å². The minimum absolute atomic E-state index is 0.215. The number of hydrogen-bond acceptors (Lipinski definition) is 5. The normalized spacial score (nSPS) is 16.2. The Morgan fingerprint density at radius 1 is 1.14 bits per heavy atom. The van der Waals surface area contributed by atoms with Crippen molar-refractivity contribution in [1.29, 1.82) is 0 Å². The smallest absolute Gasteiger partial charge is 0.220 e. The van der Waals surface area contributed by atoms with Crippen molar-refractivity contribution >= 4 is 11.6 Å². The molecule has 1 aliphatic rings. The highest BCUT2D eigenvalue weighted by atomic mass is 19.1. The van der Waals surface area contributed by atoms with Crippen molar-refractivity contribution in [2.24, 2.45) is 5.73 Å². The highest BCUT2D eigenvalue weighted by molar-refractivity contribution is 5.75. The molecule has 2 heterocycles. The lowest BCUT2D eigenvalue weighted by Gasteiger charge is -2.32. The maximum atomic E-state index is 13.1. The van der Waals surface area contributed by atoms with E-state index in [0.717, 1.165) is 42.9 Å². The van der Waals surface area contributed by atoms with E-state index in [0.29, 0.717) is 0 Å². The third kappa shape index (κ3) is 2.95. The quantitative estimate of drug-likeness (QED) is 0.880. The zero-order valence-corrected chi connectivity index (χ0v) is 11.7. The molecule has 1 aromatic carbocycles. The highest BCUT2D eigenvalue weighted by Crippen LogP contribution is 2.30. The standard InChI is InChI=1S/C15H18FN5/c16-11-3-1-10(2-4-11)14-13(9-19-15(18)20-14)21-7-5-12(17)6-8-21/h1-4,9,12H,5-8,17H2,(H2,18,19,20). The number of piperidine rings is 1. The number of benzene rings is 1. The van der Waals surface area contributed by atoms with Crippen molar-refractivity contribution < 1.29 is 4.39 Å². The Balaban J connectivity index is 1.99. The van der Waals surface area contributed by atoms with Gasteiger partial charge in [-0.3, -0.25) is 0 Å². The molecule has 2 aromatic rings. The molecule has 0 bridgehead atoms. The summed E-state index contributed by atoms with van der Waals surface area (Å²) in [6.45, 7) is 1.73. The highest BCUT2D eigenvalue weighted by Gasteiger charge is 2.20. The average molecular weight is 287 g/mol. The van der Waals surface area contributed by atoms with Crippen LogP contribution in [0.1, 0.15) is 12.8 Å². The van der Waals surface area contributed by atoms with Gasteiger partial charge >= 0.3 is 0 Å². The predicted molar refractivity (Wildman–Crippen MR) is 81.3 cm³/mol. The number of halogens is 1. The van der Waals surface area contributed by atoms with Crippen LogP contribution in [0.4, 0.5) is 16.0 Å². The van der Waals surface area contributed by atoms with E-state index in [1.165, 1.54) is 12.1 Å². The lowest BCUT2D eigenvalue weighted by molar-refractivity contribution is 0.501. The fraction of sp³-hybridized carbons (Fsp3) is 0.333. The Hall–Kier alpha value is -2.21. The van der Waals surface area contributed by atoms with Crippen molar-refractivity contribution in [3.8, 4) is 11.3 Å². The Labute approximate surface area is 122 Å². The van der Waals surface area contributed by atoms with Crippen molar-refractivity contribution in [3.05, 3.63) is 36.3 Å². The molecule has 0 aliphatic carbocycles. The van der Waals surface area contributed by atoms with Crippen molar-refractivity contribution in [1.82, 2.24) is 9.97 Å². The van der Waals surface area contributed by atoms with E-state index in [9.17, 15) is 4.39 Å². The summed E-state index contributed by atoms with van der Waals surface area (Å²) in [5, 5.41) is 0. The molecule has 21 heavy (non-hydrogen) atoms. The Morgan fingerprint density at radius 3 is 2.48 bits per heavy atom. The number of nitrogens with zero attached hydrogens (tertiary/aromatic N) is 3. The lowest BCUT2D eigenvalue weighted by atomic mass is 10.0. The number of nitrogen functional groups attached to an aromatic ring is 1. The third-order valence-electron chi connectivity index (χ3n) is 3.79. The molecule has 5 nitrogen and oxygen atoms in total. The maximum Gasteiger partial charge on any atom is 0.220 e. The molecule has 0 amide bonds. The largest absolute Gasteiger partial charge is 0.368 e. The topological polar surface area (TPSA) is 81.1 Å². The fourth-order valence-electron chi connectivity index (χ4n) is 2.58. The van der Waals surface area contributed by atoms with Crippen LogP contribution in [-0.2, 0) is 0 Å². The van der Waals surface area contributed by atoms with Gasteiger partial charge in [-0.2, -0.15) is 0 Å². The number of anilines is 2. The van der Waals surface area contributed by atoms with Gasteiger partial charge in [-0.1, -0.05) is 0 Å². The molecule has 0 saturated carbocycles. The van der Waals surface area contributed by atoms with Gasteiger partial charge in [0, 0.05) is 24.7 Å². The third-order valence-corrected chi connectivity index (χ3v) is 3.79. The van der Waals surface area contributed by atoms with Crippen LogP contribution < -0.4 is 16.4 Å². The second-order valence-electron chi connectivity index (χ2n) is 5.29. The second kappa shape index (κ2) is 5.65. The Bertz CT molecular complexity index is 620. The molecule has 0 unspecified atom stereocenters. The molecule has 110 valence electrons. The number of hydrogen-bond donors (Lipinski definition) is 2. The summed E-state index contributed by atoms with van der Waals surface area (Å²) in [7, 11) is 0. The van der Waals surface area contributed by atoms with Gasteiger partial charge in [0.05, 0.1) is 17.6 Å². The van der Waals surface area contributed by atoms with E-state index in [1.54, 1.807) is 18.3 Å². The van der Waals surface area contributed by atoms with E-state index >= 15 is 0 Å². The minimum atomic E-state index is -0.272. The summed E-state index contributed by atoms with van der Waals surface area (Å²) >= 11 is 0.